The lowest BCUT2D eigenvalue weighted by Crippen LogP contribution is -2.48. The van der Waals surface area contributed by atoms with Gasteiger partial charge in [0, 0.05) is 25.0 Å². The summed E-state index contributed by atoms with van der Waals surface area (Å²) in [6, 6.07) is 17.3. The molecule has 0 bridgehead atoms. The first kappa shape index (κ1) is 24.0. The molecule has 2 aromatic carbocycles. The lowest BCUT2D eigenvalue weighted by Gasteiger charge is -2.30. The van der Waals surface area contributed by atoms with Crippen LogP contribution in [0.1, 0.15) is 30.9 Å². The summed E-state index contributed by atoms with van der Waals surface area (Å²) in [5.41, 5.74) is 1.68. The SMILES string of the molecule is O=C(N[C@H](CN1CCCC1)[C@H](O)c1ccc2c(c1)OCCO2)C1CCN(c2ccc3ccccc3n2)C1. The minimum atomic E-state index is -0.847. The second kappa shape index (κ2) is 10.6. The number of hydrogen-bond acceptors (Lipinski definition) is 7. The summed E-state index contributed by atoms with van der Waals surface area (Å²) >= 11 is 0. The number of carbonyl (C=O) groups excluding carboxylic acids is 1. The maximum absolute atomic E-state index is 13.5. The van der Waals surface area contributed by atoms with Crippen LogP contribution in [0.4, 0.5) is 5.82 Å². The van der Waals surface area contributed by atoms with Crippen LogP contribution in [-0.2, 0) is 4.79 Å². The number of fused-ring (bicyclic) bond motifs is 2. The van der Waals surface area contributed by atoms with Crippen LogP contribution >= 0.6 is 0 Å². The van der Waals surface area contributed by atoms with Crippen molar-refractivity contribution in [2.24, 2.45) is 5.92 Å². The molecule has 8 heteroatoms. The van der Waals surface area contributed by atoms with E-state index in [1.54, 1.807) is 0 Å². The van der Waals surface area contributed by atoms with Gasteiger partial charge in [0.2, 0.25) is 5.91 Å². The molecular formula is C29H34N4O4. The van der Waals surface area contributed by atoms with E-state index in [9.17, 15) is 9.90 Å². The first-order valence-corrected chi connectivity index (χ1v) is 13.4. The highest BCUT2D eigenvalue weighted by Crippen LogP contribution is 2.34. The standard InChI is InChI=1S/C29H34N4O4/c34-28(21-7-9-25-26(17-21)37-16-15-36-25)24(19-32-12-3-4-13-32)31-29(35)22-11-14-33(18-22)27-10-8-20-5-1-2-6-23(20)30-27/h1-2,5-10,17,22,24,28,34H,3-4,11-16,18-19H2,(H,31,35)/t22?,24-,28-/m1/s1. The molecule has 1 aromatic heterocycles. The first-order chi connectivity index (χ1) is 18.1. The second-order valence-corrected chi connectivity index (χ2v) is 10.3. The van der Waals surface area contributed by atoms with Gasteiger partial charge in [-0.3, -0.25) is 4.79 Å². The fourth-order valence-corrected chi connectivity index (χ4v) is 5.66. The summed E-state index contributed by atoms with van der Waals surface area (Å²) in [5, 5.41) is 15.7. The van der Waals surface area contributed by atoms with Crippen LogP contribution in [0.3, 0.4) is 0 Å². The quantitative estimate of drug-likeness (QED) is 0.513. The normalized spacial score (nSPS) is 21.2. The van der Waals surface area contributed by atoms with Gasteiger partial charge in [0.1, 0.15) is 25.1 Å². The van der Waals surface area contributed by atoms with Crippen LogP contribution in [0, 0.1) is 5.92 Å². The molecule has 3 atom stereocenters. The number of benzene rings is 2. The summed E-state index contributed by atoms with van der Waals surface area (Å²) in [5.74, 6) is 2.07. The zero-order valence-corrected chi connectivity index (χ0v) is 21.0. The lowest BCUT2D eigenvalue weighted by atomic mass is 9.99. The number of rotatable bonds is 7. The van der Waals surface area contributed by atoms with E-state index in [-0.39, 0.29) is 11.8 Å². The molecule has 3 aliphatic heterocycles. The van der Waals surface area contributed by atoms with E-state index in [0.717, 1.165) is 61.2 Å². The lowest BCUT2D eigenvalue weighted by molar-refractivity contribution is -0.126. The molecular weight excluding hydrogens is 468 g/mol. The summed E-state index contributed by atoms with van der Waals surface area (Å²) in [6.07, 6.45) is 2.21. The molecule has 1 amide bonds. The maximum atomic E-state index is 13.5. The number of nitrogens with one attached hydrogen (secondary N) is 1. The van der Waals surface area contributed by atoms with Crippen molar-refractivity contribution in [3.05, 3.63) is 60.2 Å². The topological polar surface area (TPSA) is 87.2 Å². The smallest absolute Gasteiger partial charge is 0.225 e. The Morgan fingerprint density at radius 1 is 1.03 bits per heavy atom. The van der Waals surface area contributed by atoms with Crippen LogP contribution < -0.4 is 19.7 Å². The number of amides is 1. The van der Waals surface area contributed by atoms with Crippen molar-refractivity contribution in [1.29, 1.82) is 0 Å². The average Bonchev–Trinajstić information content (AvgIpc) is 3.64. The fraction of sp³-hybridized carbons (Fsp3) is 0.448. The molecule has 37 heavy (non-hydrogen) atoms. The van der Waals surface area contributed by atoms with E-state index in [0.29, 0.717) is 37.8 Å². The molecule has 8 nitrogen and oxygen atoms in total. The van der Waals surface area contributed by atoms with Crippen LogP contribution in [0.2, 0.25) is 0 Å². The molecule has 0 aliphatic carbocycles. The van der Waals surface area contributed by atoms with E-state index in [2.05, 4.69) is 27.2 Å². The molecule has 1 unspecified atom stereocenters. The monoisotopic (exact) mass is 502 g/mol. The zero-order valence-electron chi connectivity index (χ0n) is 21.0. The Morgan fingerprint density at radius 2 is 1.84 bits per heavy atom. The number of hydrogen-bond donors (Lipinski definition) is 2. The van der Waals surface area contributed by atoms with Gasteiger partial charge in [-0.15, -0.1) is 0 Å². The predicted molar refractivity (Wildman–Crippen MR) is 142 cm³/mol. The Kier molecular flexibility index (Phi) is 6.85. The Hall–Kier alpha value is -3.36. The Bertz CT molecular complexity index is 1260. The van der Waals surface area contributed by atoms with E-state index in [4.69, 9.17) is 14.5 Å². The number of aliphatic hydroxyl groups is 1. The van der Waals surface area contributed by atoms with Crippen LogP contribution in [0.15, 0.2) is 54.6 Å². The average molecular weight is 503 g/mol. The molecule has 0 saturated carbocycles. The number of pyridine rings is 1. The van der Waals surface area contributed by atoms with Gasteiger partial charge in [-0.1, -0.05) is 24.3 Å². The number of anilines is 1. The first-order valence-electron chi connectivity index (χ1n) is 13.4. The number of likely N-dealkylation sites (tertiary alicyclic amines) is 1. The highest BCUT2D eigenvalue weighted by molar-refractivity contribution is 5.82. The van der Waals surface area contributed by atoms with Crippen LogP contribution in [-0.4, -0.2) is 72.9 Å². The van der Waals surface area contributed by atoms with Crippen molar-refractivity contribution in [1.82, 2.24) is 15.2 Å². The number of aliphatic hydroxyl groups excluding tert-OH is 1. The van der Waals surface area contributed by atoms with E-state index in [1.165, 1.54) is 0 Å². The molecule has 0 spiro atoms. The molecule has 3 aromatic rings. The molecule has 2 fully saturated rings. The van der Waals surface area contributed by atoms with Gasteiger partial charge in [0.05, 0.1) is 17.5 Å². The molecule has 2 saturated heterocycles. The molecule has 2 N–H and O–H groups in total. The number of aromatic nitrogens is 1. The number of carbonyl (C=O) groups is 1. The van der Waals surface area contributed by atoms with Gasteiger partial charge in [-0.05, 0) is 68.2 Å². The zero-order chi connectivity index (χ0) is 25.2. The highest BCUT2D eigenvalue weighted by atomic mass is 16.6. The molecule has 4 heterocycles. The number of para-hydroxylation sites is 1. The third kappa shape index (κ3) is 5.22. The van der Waals surface area contributed by atoms with Gasteiger partial charge in [0.25, 0.3) is 0 Å². The number of ether oxygens (including phenoxy) is 2. The molecule has 0 radical (unpaired) electrons. The minimum Gasteiger partial charge on any atom is -0.486 e. The summed E-state index contributed by atoms with van der Waals surface area (Å²) in [7, 11) is 0. The Balaban J connectivity index is 1.15. The van der Waals surface area contributed by atoms with Gasteiger partial charge in [-0.2, -0.15) is 0 Å². The van der Waals surface area contributed by atoms with Crippen molar-refractivity contribution in [3.63, 3.8) is 0 Å². The third-order valence-electron chi connectivity index (χ3n) is 7.74. The fourth-order valence-electron chi connectivity index (χ4n) is 5.66. The molecule has 3 aliphatic rings. The molecule has 194 valence electrons. The van der Waals surface area contributed by atoms with Crippen molar-refractivity contribution >= 4 is 22.6 Å². The maximum Gasteiger partial charge on any atom is 0.225 e. The summed E-state index contributed by atoms with van der Waals surface area (Å²) in [4.78, 5) is 22.8. The summed E-state index contributed by atoms with van der Waals surface area (Å²) in [6.45, 7) is 5.01. The predicted octanol–water partition coefficient (Wildman–Crippen LogP) is 3.15. The van der Waals surface area contributed by atoms with Gasteiger partial charge in [0.15, 0.2) is 11.5 Å². The van der Waals surface area contributed by atoms with Crippen LogP contribution in [0.5, 0.6) is 11.5 Å². The van der Waals surface area contributed by atoms with E-state index >= 15 is 0 Å². The van der Waals surface area contributed by atoms with Gasteiger partial charge >= 0.3 is 0 Å². The largest absolute Gasteiger partial charge is 0.486 e. The Morgan fingerprint density at radius 3 is 2.70 bits per heavy atom. The van der Waals surface area contributed by atoms with Crippen molar-refractivity contribution in [2.75, 3.05) is 50.8 Å². The summed E-state index contributed by atoms with van der Waals surface area (Å²) < 4.78 is 11.4. The molecule has 6 rings (SSSR count). The number of nitrogens with zero attached hydrogens (tertiary/aromatic N) is 3. The van der Waals surface area contributed by atoms with Crippen molar-refractivity contribution in [2.45, 2.75) is 31.4 Å². The highest BCUT2D eigenvalue weighted by Gasteiger charge is 2.33. The van der Waals surface area contributed by atoms with Crippen LogP contribution in [0.25, 0.3) is 10.9 Å². The second-order valence-electron chi connectivity index (χ2n) is 10.3. The third-order valence-corrected chi connectivity index (χ3v) is 7.74. The van der Waals surface area contributed by atoms with E-state index < -0.39 is 12.1 Å². The van der Waals surface area contributed by atoms with Crippen molar-refractivity contribution < 1.29 is 19.4 Å². The van der Waals surface area contributed by atoms with Crippen molar-refractivity contribution in [3.8, 4) is 11.5 Å². The minimum absolute atomic E-state index is 0.0101. The van der Waals surface area contributed by atoms with E-state index in [1.807, 2.05) is 42.5 Å². The Labute approximate surface area is 217 Å². The van der Waals surface area contributed by atoms with Gasteiger partial charge in [-0.25, -0.2) is 4.98 Å². The van der Waals surface area contributed by atoms with Gasteiger partial charge < -0.3 is 29.7 Å².